The number of nitrogens with one attached hydrogen (secondary N) is 1. The van der Waals surface area contributed by atoms with Crippen LogP contribution in [0.2, 0.25) is 0 Å². The quantitative estimate of drug-likeness (QED) is 0.420. The van der Waals surface area contributed by atoms with Gasteiger partial charge in [0.2, 0.25) is 0 Å². The van der Waals surface area contributed by atoms with E-state index < -0.39 is 0 Å². The Labute approximate surface area is 95.3 Å². The number of hydrogen-bond acceptors (Lipinski definition) is 4. The molecule has 0 spiro atoms. The Hall–Kier alpha value is -0.260. The normalized spacial score (nSPS) is 25.9. The summed E-state index contributed by atoms with van der Waals surface area (Å²) in [4.78, 5) is 11.2. The minimum absolute atomic E-state index is 0.202. The molecule has 0 bridgehead atoms. The van der Waals surface area contributed by atoms with Crippen LogP contribution in [0.3, 0.4) is 0 Å². The van der Waals surface area contributed by atoms with Crippen molar-refractivity contribution in [3.63, 3.8) is 0 Å². The second-order valence-corrected chi connectivity index (χ2v) is 5.34. The van der Waals surface area contributed by atoms with Gasteiger partial charge in [0.1, 0.15) is 6.10 Å². The fourth-order valence-electron chi connectivity index (χ4n) is 1.55. The molecule has 0 saturated carbocycles. The molecular weight excluding hydrogens is 212 g/mol. The summed E-state index contributed by atoms with van der Waals surface area (Å²) in [6.45, 7) is 4.40. The van der Waals surface area contributed by atoms with Gasteiger partial charge >= 0.3 is 0 Å². The van der Waals surface area contributed by atoms with E-state index in [9.17, 15) is 4.79 Å². The number of ether oxygens (including phenoxy) is 1. The molecule has 5 heteroatoms. The Balaban J connectivity index is 2.16. The first-order chi connectivity index (χ1) is 7.13. The minimum Gasteiger partial charge on any atom is -0.364 e. The largest absolute Gasteiger partial charge is 0.364 e. The lowest BCUT2D eigenvalue weighted by atomic mass is 10.2. The highest BCUT2D eigenvalue weighted by Crippen LogP contribution is 2.23. The van der Waals surface area contributed by atoms with Crippen LogP contribution in [0.4, 0.5) is 0 Å². The van der Waals surface area contributed by atoms with Gasteiger partial charge in [-0.1, -0.05) is 13.8 Å². The Bertz CT molecular complexity index is 212. The highest BCUT2D eigenvalue weighted by molar-refractivity contribution is 7.99. The Morgan fingerprint density at radius 3 is 2.93 bits per heavy atom. The zero-order valence-corrected chi connectivity index (χ0v) is 10.2. The van der Waals surface area contributed by atoms with Gasteiger partial charge in [-0.2, -0.15) is 11.8 Å². The summed E-state index contributed by atoms with van der Waals surface area (Å²) in [6, 6.07) is 0. The van der Waals surface area contributed by atoms with Crippen molar-refractivity contribution in [2.45, 2.75) is 38.9 Å². The standard InChI is InChI=1S/C10H20N2O2S/c1-7(2)5-15-6-8-3-4-9(14-8)10(13)12-11/h7-9H,3-6,11H2,1-2H3,(H,12,13). The molecule has 3 N–H and O–H groups in total. The van der Waals surface area contributed by atoms with Crippen LogP contribution in [0.1, 0.15) is 26.7 Å². The predicted molar refractivity (Wildman–Crippen MR) is 62.4 cm³/mol. The molecule has 88 valence electrons. The lowest BCUT2D eigenvalue weighted by molar-refractivity contribution is -0.131. The van der Waals surface area contributed by atoms with Crippen molar-refractivity contribution < 1.29 is 9.53 Å². The van der Waals surface area contributed by atoms with E-state index in [0.717, 1.165) is 24.3 Å². The molecule has 2 atom stereocenters. The first-order valence-corrected chi connectivity index (χ1v) is 6.52. The summed E-state index contributed by atoms with van der Waals surface area (Å²) in [5.74, 6) is 7.68. The number of hydrazine groups is 1. The SMILES string of the molecule is CC(C)CSCC1CCC(C(=O)NN)O1. The summed E-state index contributed by atoms with van der Waals surface area (Å²) < 4.78 is 5.58. The monoisotopic (exact) mass is 232 g/mol. The highest BCUT2D eigenvalue weighted by atomic mass is 32.2. The molecule has 0 aromatic heterocycles. The van der Waals surface area contributed by atoms with E-state index in [1.807, 2.05) is 11.8 Å². The number of nitrogens with two attached hydrogens (primary N) is 1. The Morgan fingerprint density at radius 2 is 2.33 bits per heavy atom. The molecule has 1 fully saturated rings. The number of rotatable bonds is 5. The Kier molecular flexibility index (Phi) is 5.42. The smallest absolute Gasteiger partial charge is 0.263 e. The van der Waals surface area contributed by atoms with Crippen LogP contribution in [-0.4, -0.2) is 29.6 Å². The summed E-state index contributed by atoms with van der Waals surface area (Å²) >= 11 is 1.89. The Morgan fingerprint density at radius 1 is 1.60 bits per heavy atom. The van der Waals surface area contributed by atoms with Gasteiger partial charge in [0.05, 0.1) is 6.10 Å². The molecule has 1 heterocycles. The van der Waals surface area contributed by atoms with Crippen molar-refractivity contribution in [3.8, 4) is 0 Å². The van der Waals surface area contributed by atoms with Crippen molar-refractivity contribution in [1.29, 1.82) is 0 Å². The fraction of sp³-hybridized carbons (Fsp3) is 0.900. The van der Waals surface area contributed by atoms with E-state index in [0.29, 0.717) is 5.92 Å². The molecule has 15 heavy (non-hydrogen) atoms. The van der Waals surface area contributed by atoms with E-state index in [-0.39, 0.29) is 18.1 Å². The van der Waals surface area contributed by atoms with E-state index >= 15 is 0 Å². The van der Waals surface area contributed by atoms with Crippen molar-refractivity contribution in [2.24, 2.45) is 11.8 Å². The molecule has 1 rings (SSSR count). The lowest BCUT2D eigenvalue weighted by Crippen LogP contribution is -2.39. The zero-order valence-electron chi connectivity index (χ0n) is 9.36. The molecule has 1 aliphatic rings. The molecule has 0 aromatic rings. The minimum atomic E-state index is -0.334. The van der Waals surface area contributed by atoms with Crippen LogP contribution < -0.4 is 11.3 Å². The average molecular weight is 232 g/mol. The molecule has 0 aromatic carbocycles. The third kappa shape index (κ3) is 4.40. The van der Waals surface area contributed by atoms with Gasteiger partial charge < -0.3 is 4.74 Å². The fourth-order valence-corrected chi connectivity index (χ4v) is 2.66. The van der Waals surface area contributed by atoms with Crippen LogP contribution in [0.25, 0.3) is 0 Å². The summed E-state index contributed by atoms with van der Waals surface area (Å²) in [6.07, 6.45) is 1.63. The number of carbonyl (C=O) groups is 1. The average Bonchev–Trinajstić information content (AvgIpc) is 2.65. The van der Waals surface area contributed by atoms with Gasteiger partial charge in [0, 0.05) is 5.75 Å². The summed E-state index contributed by atoms with van der Waals surface area (Å²) in [5.41, 5.74) is 2.13. The van der Waals surface area contributed by atoms with Gasteiger partial charge in [-0.25, -0.2) is 5.84 Å². The first kappa shape index (κ1) is 12.8. The van der Waals surface area contributed by atoms with Gasteiger partial charge in [-0.05, 0) is 24.5 Å². The maximum atomic E-state index is 11.2. The summed E-state index contributed by atoms with van der Waals surface area (Å²) in [7, 11) is 0. The molecule has 1 saturated heterocycles. The maximum Gasteiger partial charge on any atom is 0.263 e. The van der Waals surface area contributed by atoms with Crippen LogP contribution in [-0.2, 0) is 9.53 Å². The summed E-state index contributed by atoms with van der Waals surface area (Å²) in [5, 5.41) is 0. The first-order valence-electron chi connectivity index (χ1n) is 5.37. The van der Waals surface area contributed by atoms with Crippen molar-refractivity contribution in [2.75, 3.05) is 11.5 Å². The maximum absolute atomic E-state index is 11.2. The van der Waals surface area contributed by atoms with Crippen molar-refractivity contribution in [3.05, 3.63) is 0 Å². The van der Waals surface area contributed by atoms with E-state index in [4.69, 9.17) is 10.6 Å². The van der Waals surface area contributed by atoms with Gasteiger partial charge in [-0.15, -0.1) is 0 Å². The van der Waals surface area contributed by atoms with E-state index in [2.05, 4.69) is 19.3 Å². The van der Waals surface area contributed by atoms with Crippen LogP contribution in [0, 0.1) is 5.92 Å². The second kappa shape index (κ2) is 6.35. The van der Waals surface area contributed by atoms with Crippen molar-refractivity contribution in [1.82, 2.24) is 5.43 Å². The molecule has 0 aliphatic carbocycles. The topological polar surface area (TPSA) is 64.4 Å². The predicted octanol–water partition coefficient (Wildman–Crippen LogP) is 0.913. The van der Waals surface area contributed by atoms with Gasteiger partial charge in [-0.3, -0.25) is 10.2 Å². The van der Waals surface area contributed by atoms with Crippen LogP contribution >= 0.6 is 11.8 Å². The van der Waals surface area contributed by atoms with Gasteiger partial charge in [0.15, 0.2) is 0 Å². The molecule has 1 amide bonds. The molecule has 2 unspecified atom stereocenters. The second-order valence-electron chi connectivity index (χ2n) is 4.26. The number of carbonyl (C=O) groups excluding carboxylic acids is 1. The lowest BCUT2D eigenvalue weighted by Gasteiger charge is -2.12. The molecular formula is C10H20N2O2S. The molecule has 0 radical (unpaired) electrons. The highest BCUT2D eigenvalue weighted by Gasteiger charge is 2.29. The van der Waals surface area contributed by atoms with E-state index in [1.165, 1.54) is 0 Å². The zero-order chi connectivity index (χ0) is 11.3. The number of hydrogen-bond donors (Lipinski definition) is 2. The van der Waals surface area contributed by atoms with Crippen LogP contribution in [0.5, 0.6) is 0 Å². The van der Waals surface area contributed by atoms with E-state index in [1.54, 1.807) is 0 Å². The van der Waals surface area contributed by atoms with Crippen molar-refractivity contribution >= 4 is 17.7 Å². The molecule has 1 aliphatic heterocycles. The molecule has 4 nitrogen and oxygen atoms in total. The van der Waals surface area contributed by atoms with Crippen LogP contribution in [0.15, 0.2) is 0 Å². The van der Waals surface area contributed by atoms with Gasteiger partial charge in [0.25, 0.3) is 5.91 Å². The third-order valence-corrected chi connectivity index (χ3v) is 3.81. The number of thioether (sulfide) groups is 1. The number of amides is 1. The third-order valence-electron chi connectivity index (χ3n) is 2.30.